The normalized spacial score (nSPS) is 14.8. The number of hydrogen-bond donors (Lipinski definition) is 0. The van der Waals surface area contributed by atoms with Gasteiger partial charge in [-0.1, -0.05) is 12.1 Å². The van der Waals surface area contributed by atoms with Crippen molar-refractivity contribution in [3.05, 3.63) is 60.7 Å². The highest BCUT2D eigenvalue weighted by atomic mass is 127. The number of nitrogens with zero attached hydrogens (tertiary/aromatic N) is 1. The standard InChI is InChI=1S/C17H15I2NO/c18-14-6-4-12(5-7-14)11-20-16-9-8-15(19)10-13(16)2-1-3-17(20)21/h4-10H,1-3,11H2. The molecule has 0 atom stereocenters. The summed E-state index contributed by atoms with van der Waals surface area (Å²) in [6.07, 6.45) is 2.56. The second-order valence-electron chi connectivity index (χ2n) is 5.23. The average molecular weight is 503 g/mol. The van der Waals surface area contributed by atoms with E-state index in [1.807, 2.05) is 4.90 Å². The number of benzene rings is 2. The topological polar surface area (TPSA) is 20.3 Å². The van der Waals surface area contributed by atoms with Crippen LogP contribution < -0.4 is 4.90 Å². The first-order valence-corrected chi connectivity index (χ1v) is 9.12. The van der Waals surface area contributed by atoms with Gasteiger partial charge in [0.1, 0.15) is 0 Å². The molecule has 2 nitrogen and oxygen atoms in total. The van der Waals surface area contributed by atoms with E-state index >= 15 is 0 Å². The van der Waals surface area contributed by atoms with Crippen LogP contribution in [0, 0.1) is 7.14 Å². The second kappa shape index (κ2) is 6.64. The van der Waals surface area contributed by atoms with Crippen LogP contribution in [0.1, 0.15) is 24.0 Å². The van der Waals surface area contributed by atoms with E-state index in [4.69, 9.17) is 0 Å². The minimum atomic E-state index is 0.230. The van der Waals surface area contributed by atoms with E-state index in [1.165, 1.54) is 18.3 Å². The van der Waals surface area contributed by atoms with Crippen molar-refractivity contribution in [1.29, 1.82) is 0 Å². The third-order valence-electron chi connectivity index (χ3n) is 3.72. The molecular weight excluding hydrogens is 488 g/mol. The van der Waals surface area contributed by atoms with Crippen LogP contribution in [-0.4, -0.2) is 5.91 Å². The van der Waals surface area contributed by atoms with Gasteiger partial charge in [0.15, 0.2) is 0 Å². The monoisotopic (exact) mass is 503 g/mol. The molecule has 1 aliphatic rings. The molecule has 0 unspecified atom stereocenters. The molecule has 4 heteroatoms. The third-order valence-corrected chi connectivity index (χ3v) is 5.11. The molecule has 0 spiro atoms. The van der Waals surface area contributed by atoms with Gasteiger partial charge in [-0.05, 0) is 99.5 Å². The molecule has 0 bridgehead atoms. The lowest BCUT2D eigenvalue weighted by atomic mass is 10.1. The molecule has 1 heterocycles. The zero-order chi connectivity index (χ0) is 14.8. The van der Waals surface area contributed by atoms with Crippen molar-refractivity contribution >= 4 is 56.8 Å². The van der Waals surface area contributed by atoms with Crippen LogP contribution in [0.5, 0.6) is 0 Å². The molecule has 1 aliphatic heterocycles. The zero-order valence-electron chi connectivity index (χ0n) is 11.5. The van der Waals surface area contributed by atoms with Gasteiger partial charge in [-0.25, -0.2) is 0 Å². The van der Waals surface area contributed by atoms with Crippen LogP contribution in [0.25, 0.3) is 0 Å². The molecule has 0 saturated heterocycles. The first kappa shape index (κ1) is 15.3. The van der Waals surface area contributed by atoms with E-state index in [9.17, 15) is 4.79 Å². The number of carbonyl (C=O) groups excluding carboxylic acids is 1. The third kappa shape index (κ3) is 3.59. The molecule has 2 aromatic rings. The van der Waals surface area contributed by atoms with Gasteiger partial charge >= 0.3 is 0 Å². The van der Waals surface area contributed by atoms with Gasteiger partial charge in [0.2, 0.25) is 5.91 Å². The molecule has 1 amide bonds. The zero-order valence-corrected chi connectivity index (χ0v) is 15.8. The Hall–Kier alpha value is -0.630. The number of aryl methyl sites for hydroxylation is 1. The maximum absolute atomic E-state index is 12.5. The molecular formula is C17H15I2NO. The number of carbonyl (C=O) groups is 1. The quantitative estimate of drug-likeness (QED) is 0.542. The molecule has 0 N–H and O–H groups in total. The lowest BCUT2D eigenvalue weighted by molar-refractivity contribution is -0.118. The van der Waals surface area contributed by atoms with E-state index in [0.29, 0.717) is 13.0 Å². The number of fused-ring (bicyclic) bond motifs is 1. The molecule has 2 aromatic carbocycles. The minimum Gasteiger partial charge on any atom is -0.308 e. The highest BCUT2D eigenvalue weighted by Crippen LogP contribution is 2.30. The smallest absolute Gasteiger partial charge is 0.227 e. The summed E-state index contributed by atoms with van der Waals surface area (Å²) in [7, 11) is 0. The van der Waals surface area contributed by atoms with E-state index in [-0.39, 0.29) is 5.91 Å². The van der Waals surface area contributed by atoms with Crippen LogP contribution in [0.4, 0.5) is 5.69 Å². The molecule has 0 radical (unpaired) electrons. The van der Waals surface area contributed by atoms with E-state index in [2.05, 4.69) is 87.6 Å². The maximum atomic E-state index is 12.5. The molecule has 3 rings (SSSR count). The molecule has 108 valence electrons. The van der Waals surface area contributed by atoms with Crippen molar-refractivity contribution in [3.63, 3.8) is 0 Å². The van der Waals surface area contributed by atoms with E-state index in [0.717, 1.165) is 18.5 Å². The minimum absolute atomic E-state index is 0.230. The van der Waals surface area contributed by atoms with Crippen LogP contribution in [-0.2, 0) is 17.8 Å². The fourth-order valence-corrected chi connectivity index (χ4v) is 3.58. The number of anilines is 1. The predicted molar refractivity (Wildman–Crippen MR) is 102 cm³/mol. The van der Waals surface area contributed by atoms with Crippen LogP contribution >= 0.6 is 45.2 Å². The Morgan fingerprint density at radius 2 is 1.67 bits per heavy atom. The van der Waals surface area contributed by atoms with Crippen molar-refractivity contribution < 1.29 is 4.79 Å². The lowest BCUT2D eigenvalue weighted by Crippen LogP contribution is -2.29. The van der Waals surface area contributed by atoms with Crippen molar-refractivity contribution in [3.8, 4) is 0 Å². The largest absolute Gasteiger partial charge is 0.308 e. The van der Waals surface area contributed by atoms with Crippen LogP contribution in [0.3, 0.4) is 0 Å². The van der Waals surface area contributed by atoms with Gasteiger partial charge in [0.05, 0.1) is 6.54 Å². The SMILES string of the molecule is O=C1CCCc2cc(I)ccc2N1Cc1ccc(I)cc1. The molecule has 21 heavy (non-hydrogen) atoms. The highest BCUT2D eigenvalue weighted by molar-refractivity contribution is 14.1. The van der Waals surface area contributed by atoms with Gasteiger partial charge in [-0.3, -0.25) is 4.79 Å². The molecule has 0 aromatic heterocycles. The molecule has 0 aliphatic carbocycles. The summed E-state index contributed by atoms with van der Waals surface area (Å²) in [6, 6.07) is 14.8. The average Bonchev–Trinajstić information content (AvgIpc) is 2.61. The van der Waals surface area contributed by atoms with Gasteiger partial charge in [0, 0.05) is 19.2 Å². The maximum Gasteiger partial charge on any atom is 0.227 e. The van der Waals surface area contributed by atoms with Crippen molar-refractivity contribution in [2.24, 2.45) is 0 Å². The van der Waals surface area contributed by atoms with Gasteiger partial charge in [-0.2, -0.15) is 0 Å². The summed E-state index contributed by atoms with van der Waals surface area (Å²) < 4.78 is 2.45. The fraction of sp³-hybridized carbons (Fsp3) is 0.235. The van der Waals surface area contributed by atoms with Crippen molar-refractivity contribution in [2.75, 3.05) is 4.90 Å². The number of rotatable bonds is 2. The Kier molecular flexibility index (Phi) is 4.83. The molecule has 0 fully saturated rings. The van der Waals surface area contributed by atoms with Gasteiger partial charge in [-0.15, -0.1) is 0 Å². The summed E-state index contributed by atoms with van der Waals surface area (Å²) in [6.45, 7) is 0.656. The fourth-order valence-electron chi connectivity index (χ4n) is 2.66. The Morgan fingerprint density at radius 3 is 2.43 bits per heavy atom. The molecule has 0 saturated carbocycles. The Balaban J connectivity index is 1.95. The Labute approximate surface area is 152 Å². The first-order chi connectivity index (χ1) is 10.1. The number of halogens is 2. The van der Waals surface area contributed by atoms with Crippen LogP contribution in [0.2, 0.25) is 0 Å². The summed E-state index contributed by atoms with van der Waals surface area (Å²) in [4.78, 5) is 14.4. The van der Waals surface area contributed by atoms with Crippen LogP contribution in [0.15, 0.2) is 42.5 Å². The van der Waals surface area contributed by atoms with Gasteiger partial charge < -0.3 is 4.90 Å². The summed E-state index contributed by atoms with van der Waals surface area (Å²) in [5.41, 5.74) is 3.55. The summed E-state index contributed by atoms with van der Waals surface area (Å²) in [5.74, 6) is 0.230. The summed E-state index contributed by atoms with van der Waals surface area (Å²) in [5, 5.41) is 0. The number of hydrogen-bond acceptors (Lipinski definition) is 1. The Bertz CT molecular complexity index is 667. The van der Waals surface area contributed by atoms with E-state index in [1.54, 1.807) is 0 Å². The van der Waals surface area contributed by atoms with Crippen molar-refractivity contribution in [2.45, 2.75) is 25.8 Å². The van der Waals surface area contributed by atoms with Gasteiger partial charge in [0.25, 0.3) is 0 Å². The predicted octanol–water partition coefficient (Wildman–Crippen LogP) is 4.77. The second-order valence-corrected chi connectivity index (χ2v) is 7.72. The number of amides is 1. The van der Waals surface area contributed by atoms with Crippen molar-refractivity contribution in [1.82, 2.24) is 0 Å². The summed E-state index contributed by atoms with van der Waals surface area (Å²) >= 11 is 4.63. The highest BCUT2D eigenvalue weighted by Gasteiger charge is 2.22. The van der Waals surface area contributed by atoms with E-state index < -0.39 is 0 Å². The first-order valence-electron chi connectivity index (χ1n) is 6.97. The lowest BCUT2D eigenvalue weighted by Gasteiger charge is -2.23. The Morgan fingerprint density at radius 1 is 0.952 bits per heavy atom.